The van der Waals surface area contributed by atoms with Crippen LogP contribution >= 0.6 is 0 Å². The Hall–Kier alpha value is -0.280. The Kier molecular flexibility index (Phi) is 19.3. The SMILES string of the molecule is CC1CCCN1C.CC1CCN(C)C1.CC1CCN(C)CC1.CN1CCN(C)CC1.CN1CCOCC1. The van der Waals surface area contributed by atoms with Crippen LogP contribution in [0.15, 0.2) is 0 Å². The van der Waals surface area contributed by atoms with Crippen molar-refractivity contribution in [2.45, 2.75) is 58.9 Å². The smallest absolute Gasteiger partial charge is 0.0594 e. The van der Waals surface area contributed by atoms with Crippen molar-refractivity contribution in [3.63, 3.8) is 0 Å². The second kappa shape index (κ2) is 20.6. The number of likely N-dealkylation sites (tertiary alicyclic amines) is 3. The van der Waals surface area contributed by atoms with Crippen LogP contribution in [0, 0.1) is 11.8 Å². The summed E-state index contributed by atoms with van der Waals surface area (Å²) >= 11 is 0. The molecule has 0 aliphatic carbocycles. The predicted molar refractivity (Wildman–Crippen MR) is 162 cm³/mol. The fraction of sp³-hybridized carbons (Fsp3) is 1.00. The number of hydrogen-bond acceptors (Lipinski definition) is 7. The van der Waals surface area contributed by atoms with Gasteiger partial charge in [0, 0.05) is 51.9 Å². The van der Waals surface area contributed by atoms with Gasteiger partial charge in [-0.05, 0) is 119 Å². The van der Waals surface area contributed by atoms with Crippen molar-refractivity contribution in [2.24, 2.45) is 11.8 Å². The van der Waals surface area contributed by atoms with Crippen molar-refractivity contribution in [3.05, 3.63) is 0 Å². The van der Waals surface area contributed by atoms with Gasteiger partial charge in [-0.2, -0.15) is 0 Å². The number of ether oxygens (including phenoxy) is 1. The lowest BCUT2D eigenvalue weighted by Gasteiger charge is -2.28. The minimum absolute atomic E-state index is 0.847. The van der Waals surface area contributed by atoms with Gasteiger partial charge in [0.2, 0.25) is 0 Å². The third-order valence-electron chi connectivity index (χ3n) is 8.48. The summed E-state index contributed by atoms with van der Waals surface area (Å²) in [6, 6.07) is 0.847. The molecule has 0 radical (unpaired) electrons. The molecule has 222 valence electrons. The van der Waals surface area contributed by atoms with Gasteiger partial charge in [-0.15, -0.1) is 0 Å². The summed E-state index contributed by atoms with van der Waals surface area (Å²) in [5, 5.41) is 0. The molecule has 7 nitrogen and oxygen atoms in total. The van der Waals surface area contributed by atoms with E-state index in [1.165, 1.54) is 91.0 Å². The number of hydrogen-bond donors (Lipinski definition) is 0. The second-order valence-corrected chi connectivity index (χ2v) is 12.6. The van der Waals surface area contributed by atoms with Crippen molar-refractivity contribution in [1.29, 1.82) is 0 Å². The molecule has 2 unspecified atom stereocenters. The lowest BCUT2D eigenvalue weighted by Crippen LogP contribution is -2.42. The molecule has 5 rings (SSSR count). The van der Waals surface area contributed by atoms with Gasteiger partial charge in [0.25, 0.3) is 0 Å². The molecule has 0 aromatic heterocycles. The summed E-state index contributed by atoms with van der Waals surface area (Å²) < 4.78 is 5.10. The number of piperazine rings is 1. The molecule has 5 heterocycles. The monoisotopic (exact) mass is 527 g/mol. The number of rotatable bonds is 0. The summed E-state index contributed by atoms with van der Waals surface area (Å²) in [6.07, 6.45) is 7.00. The van der Waals surface area contributed by atoms with Gasteiger partial charge in [0.15, 0.2) is 0 Å². The summed E-state index contributed by atoms with van der Waals surface area (Å²) in [7, 11) is 13.0. The van der Waals surface area contributed by atoms with Crippen LogP contribution < -0.4 is 0 Å². The molecule has 0 saturated carbocycles. The van der Waals surface area contributed by atoms with Crippen molar-refractivity contribution in [2.75, 3.05) is 127 Å². The number of piperidine rings is 1. The van der Waals surface area contributed by atoms with Gasteiger partial charge in [0.1, 0.15) is 0 Å². The highest BCUT2D eigenvalue weighted by Gasteiger charge is 2.14. The molecule has 0 spiro atoms. The number of likely N-dealkylation sites (N-methyl/N-ethyl adjacent to an activating group) is 3. The zero-order valence-corrected chi connectivity index (χ0v) is 26.6. The second-order valence-electron chi connectivity index (χ2n) is 12.6. The predicted octanol–water partition coefficient (Wildman–Crippen LogP) is 3.22. The first-order chi connectivity index (χ1) is 17.6. The van der Waals surface area contributed by atoms with E-state index in [-0.39, 0.29) is 0 Å². The minimum atomic E-state index is 0.847. The van der Waals surface area contributed by atoms with E-state index in [0.717, 1.165) is 44.2 Å². The van der Waals surface area contributed by atoms with Crippen LogP contribution in [0.2, 0.25) is 0 Å². The molecule has 0 aromatic carbocycles. The topological polar surface area (TPSA) is 28.7 Å². The van der Waals surface area contributed by atoms with E-state index in [2.05, 4.69) is 92.5 Å². The lowest BCUT2D eigenvalue weighted by atomic mass is 10.00. The molecule has 0 N–H and O–H groups in total. The fourth-order valence-electron chi connectivity index (χ4n) is 4.93. The van der Waals surface area contributed by atoms with Crippen LogP contribution in [0.3, 0.4) is 0 Å². The maximum atomic E-state index is 5.10. The molecular formula is C30H66N6O. The summed E-state index contributed by atoms with van der Waals surface area (Å²) in [5.41, 5.74) is 0. The Morgan fingerprint density at radius 2 is 0.892 bits per heavy atom. The Morgan fingerprint density at radius 1 is 0.459 bits per heavy atom. The van der Waals surface area contributed by atoms with E-state index in [4.69, 9.17) is 4.74 Å². The summed E-state index contributed by atoms with van der Waals surface area (Å²) in [5.74, 6) is 1.93. The Morgan fingerprint density at radius 3 is 1.14 bits per heavy atom. The van der Waals surface area contributed by atoms with Crippen molar-refractivity contribution >= 4 is 0 Å². The Balaban J connectivity index is 0.000000232. The highest BCUT2D eigenvalue weighted by atomic mass is 16.5. The largest absolute Gasteiger partial charge is 0.379 e. The molecular weight excluding hydrogens is 460 g/mol. The van der Waals surface area contributed by atoms with Crippen molar-refractivity contribution in [3.8, 4) is 0 Å². The lowest BCUT2D eigenvalue weighted by molar-refractivity contribution is 0.0503. The third kappa shape index (κ3) is 18.6. The van der Waals surface area contributed by atoms with Crippen LogP contribution in [0.5, 0.6) is 0 Å². The van der Waals surface area contributed by atoms with Crippen LogP contribution in [-0.4, -0.2) is 163 Å². The highest BCUT2D eigenvalue weighted by molar-refractivity contribution is 4.70. The standard InChI is InChI=1S/C7H15N.C6H14N2.2C6H13N.C5H11NO/c2*1-7-3-5-8(2)6-4-7;1-6-3-4-7(2)5-6;1-6-4-3-5-7(6)2;1-6-2-4-7-5-3-6/h7H,3-6H2,1-2H3;3-6H2,1-2H3;2*6H,3-5H2,1-2H3;2-5H2,1H3. The van der Waals surface area contributed by atoms with Gasteiger partial charge in [-0.1, -0.05) is 13.8 Å². The maximum Gasteiger partial charge on any atom is 0.0594 e. The Labute approximate surface area is 232 Å². The zero-order valence-electron chi connectivity index (χ0n) is 26.6. The molecule has 5 saturated heterocycles. The van der Waals surface area contributed by atoms with Gasteiger partial charge >= 0.3 is 0 Å². The first kappa shape index (κ1) is 34.7. The first-order valence-electron chi connectivity index (χ1n) is 15.3. The summed E-state index contributed by atoms with van der Waals surface area (Å²) in [6.45, 7) is 22.4. The minimum Gasteiger partial charge on any atom is -0.379 e. The molecule has 0 amide bonds. The van der Waals surface area contributed by atoms with Gasteiger partial charge in [0.05, 0.1) is 13.2 Å². The molecule has 5 aliphatic rings. The molecule has 0 aromatic rings. The van der Waals surface area contributed by atoms with E-state index in [0.29, 0.717) is 0 Å². The normalized spacial score (nSPS) is 29.1. The van der Waals surface area contributed by atoms with Crippen LogP contribution in [0.25, 0.3) is 0 Å². The Bertz CT molecular complexity index is 456. The maximum absolute atomic E-state index is 5.10. The highest BCUT2D eigenvalue weighted by Crippen LogP contribution is 2.14. The van der Waals surface area contributed by atoms with Crippen molar-refractivity contribution < 1.29 is 4.74 Å². The summed E-state index contributed by atoms with van der Waals surface area (Å²) in [4.78, 5) is 14.2. The van der Waals surface area contributed by atoms with Crippen LogP contribution in [-0.2, 0) is 4.74 Å². The van der Waals surface area contributed by atoms with E-state index in [1.54, 1.807) is 0 Å². The average Bonchev–Trinajstić information content (AvgIpc) is 3.45. The fourth-order valence-corrected chi connectivity index (χ4v) is 4.93. The quantitative estimate of drug-likeness (QED) is 0.479. The molecule has 0 bridgehead atoms. The molecule has 5 fully saturated rings. The van der Waals surface area contributed by atoms with E-state index in [1.807, 2.05) is 0 Å². The first-order valence-corrected chi connectivity index (χ1v) is 15.3. The number of morpholine rings is 1. The molecule has 37 heavy (non-hydrogen) atoms. The van der Waals surface area contributed by atoms with E-state index >= 15 is 0 Å². The molecule has 7 heteroatoms. The number of nitrogens with zero attached hydrogens (tertiary/aromatic N) is 6. The zero-order chi connectivity index (χ0) is 27.6. The van der Waals surface area contributed by atoms with Crippen LogP contribution in [0.4, 0.5) is 0 Å². The van der Waals surface area contributed by atoms with Gasteiger partial charge in [-0.3, -0.25) is 0 Å². The third-order valence-corrected chi connectivity index (χ3v) is 8.48. The van der Waals surface area contributed by atoms with Crippen molar-refractivity contribution in [1.82, 2.24) is 29.4 Å². The molecule has 5 aliphatic heterocycles. The van der Waals surface area contributed by atoms with E-state index in [9.17, 15) is 0 Å². The van der Waals surface area contributed by atoms with Crippen LogP contribution in [0.1, 0.15) is 52.9 Å². The van der Waals surface area contributed by atoms with E-state index < -0.39 is 0 Å². The molecule has 2 atom stereocenters. The average molecular weight is 527 g/mol. The van der Waals surface area contributed by atoms with Gasteiger partial charge < -0.3 is 34.1 Å². The van der Waals surface area contributed by atoms with Gasteiger partial charge in [-0.25, -0.2) is 0 Å².